The van der Waals surface area contributed by atoms with Crippen LogP contribution >= 0.6 is 11.3 Å². The van der Waals surface area contributed by atoms with E-state index in [1.807, 2.05) is 12.1 Å². The quantitative estimate of drug-likeness (QED) is 0.711. The molecule has 0 spiro atoms. The van der Waals surface area contributed by atoms with Crippen molar-refractivity contribution in [1.82, 2.24) is 15.0 Å². The van der Waals surface area contributed by atoms with Gasteiger partial charge in [0.25, 0.3) is 0 Å². The molecule has 0 aromatic carbocycles. The van der Waals surface area contributed by atoms with Crippen molar-refractivity contribution in [3.8, 4) is 11.4 Å². The number of primary amides is 1. The third kappa shape index (κ3) is 3.70. The number of pyridine rings is 1. The summed E-state index contributed by atoms with van der Waals surface area (Å²) in [6, 6.07) is 3.88. The molecule has 1 aliphatic rings. The van der Waals surface area contributed by atoms with Crippen LogP contribution in [0.2, 0.25) is 0 Å². The fraction of sp³-hybridized carbons (Fsp3) is 0.400. The summed E-state index contributed by atoms with van der Waals surface area (Å²) >= 11 is 1.70. The first-order chi connectivity index (χ1) is 13.5. The van der Waals surface area contributed by atoms with Gasteiger partial charge in [-0.25, -0.2) is 9.97 Å². The number of nitrogens with zero attached hydrogens (tertiary/aromatic N) is 4. The number of carbonyl (C=O) groups is 1. The zero-order chi connectivity index (χ0) is 19.7. The highest BCUT2D eigenvalue weighted by molar-refractivity contribution is 7.18. The Morgan fingerprint density at radius 2 is 2.11 bits per heavy atom. The van der Waals surface area contributed by atoms with Crippen LogP contribution in [0.1, 0.15) is 23.3 Å². The van der Waals surface area contributed by atoms with Crippen LogP contribution in [0.5, 0.6) is 0 Å². The number of rotatable bonds is 5. The molecule has 1 fully saturated rings. The normalized spacial score (nSPS) is 15.3. The molecule has 3 aromatic rings. The average Bonchev–Trinajstić information content (AvgIpc) is 3.00. The number of ether oxygens (including phenoxy) is 1. The maximum atomic E-state index is 11.0. The second-order valence-electron chi connectivity index (χ2n) is 7.04. The Morgan fingerprint density at radius 1 is 1.32 bits per heavy atom. The van der Waals surface area contributed by atoms with Gasteiger partial charge in [-0.15, -0.1) is 11.3 Å². The molecular weight excluding hydrogens is 374 g/mol. The molecule has 8 heteroatoms. The molecule has 0 unspecified atom stereocenters. The Labute approximate surface area is 167 Å². The fourth-order valence-corrected chi connectivity index (χ4v) is 4.54. The molecule has 4 heterocycles. The van der Waals surface area contributed by atoms with Crippen LogP contribution in [0.15, 0.2) is 24.5 Å². The Bertz CT molecular complexity index is 997. The van der Waals surface area contributed by atoms with Crippen molar-refractivity contribution in [3.05, 3.63) is 35.0 Å². The van der Waals surface area contributed by atoms with E-state index in [4.69, 9.17) is 20.4 Å². The molecule has 0 aliphatic carbocycles. The number of fused-ring (bicyclic) bond motifs is 1. The average molecular weight is 398 g/mol. The van der Waals surface area contributed by atoms with E-state index in [2.05, 4.69) is 23.7 Å². The van der Waals surface area contributed by atoms with E-state index in [1.54, 1.807) is 23.7 Å². The van der Waals surface area contributed by atoms with E-state index in [-0.39, 0.29) is 12.7 Å². The highest BCUT2D eigenvalue weighted by Gasteiger charge is 2.25. The van der Waals surface area contributed by atoms with Crippen LogP contribution in [0.25, 0.3) is 21.6 Å². The summed E-state index contributed by atoms with van der Waals surface area (Å²) in [4.78, 5) is 29.5. The van der Waals surface area contributed by atoms with Crippen LogP contribution in [0, 0.1) is 13.8 Å². The van der Waals surface area contributed by atoms with Crippen molar-refractivity contribution in [2.24, 2.45) is 5.73 Å². The van der Waals surface area contributed by atoms with Gasteiger partial charge in [-0.1, -0.05) is 0 Å². The van der Waals surface area contributed by atoms with Crippen molar-refractivity contribution in [2.75, 3.05) is 24.6 Å². The summed E-state index contributed by atoms with van der Waals surface area (Å²) in [5.74, 6) is 1.24. The third-order valence-electron chi connectivity index (χ3n) is 5.13. The summed E-state index contributed by atoms with van der Waals surface area (Å²) < 4.78 is 5.60. The van der Waals surface area contributed by atoms with E-state index in [1.165, 1.54) is 10.4 Å². The smallest absolute Gasteiger partial charge is 0.243 e. The molecule has 0 bridgehead atoms. The second kappa shape index (κ2) is 7.81. The minimum absolute atomic E-state index is 0.0175. The topological polar surface area (TPSA) is 94.2 Å². The van der Waals surface area contributed by atoms with Crippen molar-refractivity contribution >= 4 is 33.3 Å². The lowest BCUT2D eigenvalue weighted by molar-refractivity contribution is -0.124. The Morgan fingerprint density at radius 3 is 2.79 bits per heavy atom. The van der Waals surface area contributed by atoms with Gasteiger partial charge in [-0.2, -0.15) is 0 Å². The van der Waals surface area contributed by atoms with Crippen LogP contribution in [-0.2, 0) is 9.53 Å². The molecule has 1 saturated heterocycles. The van der Waals surface area contributed by atoms with Gasteiger partial charge in [0.1, 0.15) is 17.3 Å². The molecule has 7 nitrogen and oxygen atoms in total. The van der Waals surface area contributed by atoms with Crippen LogP contribution in [0.4, 0.5) is 5.82 Å². The third-order valence-corrected chi connectivity index (χ3v) is 6.23. The number of hydrogen-bond acceptors (Lipinski definition) is 7. The van der Waals surface area contributed by atoms with Gasteiger partial charge in [0, 0.05) is 35.9 Å². The first-order valence-corrected chi connectivity index (χ1v) is 10.2. The largest absolute Gasteiger partial charge is 0.368 e. The number of anilines is 1. The number of aromatic nitrogens is 3. The first kappa shape index (κ1) is 18.8. The highest BCUT2D eigenvalue weighted by atomic mass is 32.1. The Kier molecular flexibility index (Phi) is 5.23. The Hall–Kier alpha value is -2.58. The number of piperidine rings is 1. The molecule has 0 radical (unpaired) electrons. The van der Waals surface area contributed by atoms with Crippen molar-refractivity contribution in [3.63, 3.8) is 0 Å². The van der Waals surface area contributed by atoms with Crippen molar-refractivity contribution in [1.29, 1.82) is 0 Å². The van der Waals surface area contributed by atoms with E-state index in [0.29, 0.717) is 5.82 Å². The van der Waals surface area contributed by atoms with E-state index in [9.17, 15) is 4.79 Å². The summed E-state index contributed by atoms with van der Waals surface area (Å²) in [6.45, 7) is 5.87. The number of amides is 1. The van der Waals surface area contributed by atoms with E-state index in [0.717, 1.165) is 47.5 Å². The molecule has 0 saturated carbocycles. The van der Waals surface area contributed by atoms with Gasteiger partial charge < -0.3 is 15.4 Å². The van der Waals surface area contributed by atoms with Gasteiger partial charge in [-0.05, 0) is 44.4 Å². The van der Waals surface area contributed by atoms with Crippen LogP contribution < -0.4 is 10.6 Å². The maximum absolute atomic E-state index is 11.0. The van der Waals surface area contributed by atoms with Gasteiger partial charge in [0.2, 0.25) is 5.91 Å². The lowest BCUT2D eigenvalue weighted by Crippen LogP contribution is -2.38. The molecule has 28 heavy (non-hydrogen) atoms. The molecule has 146 valence electrons. The molecule has 1 amide bonds. The number of thiophene rings is 1. The summed E-state index contributed by atoms with van der Waals surface area (Å²) in [6.07, 6.45) is 5.28. The van der Waals surface area contributed by atoms with Gasteiger partial charge in [-0.3, -0.25) is 9.78 Å². The van der Waals surface area contributed by atoms with Gasteiger partial charge >= 0.3 is 0 Å². The summed E-state index contributed by atoms with van der Waals surface area (Å²) in [7, 11) is 0. The fourth-order valence-electron chi connectivity index (χ4n) is 3.52. The minimum atomic E-state index is -0.426. The lowest BCUT2D eigenvalue weighted by Gasteiger charge is -2.33. The molecule has 4 rings (SSSR count). The van der Waals surface area contributed by atoms with Crippen molar-refractivity contribution in [2.45, 2.75) is 32.8 Å². The SMILES string of the molecule is Cc1sc2nc(-c3cccnc3)nc(N3CCC(OCC(N)=O)CC3)c2c1C. The summed E-state index contributed by atoms with van der Waals surface area (Å²) in [5.41, 5.74) is 7.33. The summed E-state index contributed by atoms with van der Waals surface area (Å²) in [5, 5.41) is 1.13. The lowest BCUT2D eigenvalue weighted by atomic mass is 10.1. The zero-order valence-corrected chi connectivity index (χ0v) is 16.8. The van der Waals surface area contributed by atoms with Crippen molar-refractivity contribution < 1.29 is 9.53 Å². The predicted molar refractivity (Wildman–Crippen MR) is 111 cm³/mol. The zero-order valence-electron chi connectivity index (χ0n) is 16.0. The van der Waals surface area contributed by atoms with E-state index >= 15 is 0 Å². The first-order valence-electron chi connectivity index (χ1n) is 9.36. The highest BCUT2D eigenvalue weighted by Crippen LogP contribution is 2.37. The van der Waals surface area contributed by atoms with E-state index < -0.39 is 5.91 Å². The molecule has 2 N–H and O–H groups in total. The molecule has 0 atom stereocenters. The minimum Gasteiger partial charge on any atom is -0.368 e. The number of aryl methyl sites for hydroxylation is 2. The molecule has 3 aromatic heterocycles. The predicted octanol–water partition coefficient (Wildman–Crippen LogP) is 2.84. The Balaban J connectivity index is 1.67. The maximum Gasteiger partial charge on any atom is 0.243 e. The molecular formula is C20H23N5O2S. The number of hydrogen-bond donors (Lipinski definition) is 1. The van der Waals surface area contributed by atoms with Gasteiger partial charge in [0.15, 0.2) is 5.82 Å². The van der Waals surface area contributed by atoms with Crippen LogP contribution in [0.3, 0.4) is 0 Å². The standard InChI is InChI=1S/C20H23N5O2S/c1-12-13(2)28-20-17(12)19(23-18(24-20)14-4-3-7-22-10-14)25-8-5-15(6-9-25)27-11-16(21)26/h3-4,7,10,15H,5-6,8-9,11H2,1-2H3,(H2,21,26). The number of nitrogens with two attached hydrogens (primary N) is 1. The number of carbonyl (C=O) groups excluding carboxylic acids is 1. The van der Waals surface area contributed by atoms with Crippen LogP contribution in [-0.4, -0.2) is 46.7 Å². The monoisotopic (exact) mass is 397 g/mol. The molecule has 1 aliphatic heterocycles. The second-order valence-corrected chi connectivity index (χ2v) is 8.24. The van der Waals surface area contributed by atoms with Gasteiger partial charge in [0.05, 0.1) is 11.5 Å².